The van der Waals surface area contributed by atoms with Gasteiger partial charge in [0, 0.05) is 0 Å². The topological polar surface area (TPSA) is 9.23 Å². The van der Waals surface area contributed by atoms with Gasteiger partial charge in [0.1, 0.15) is 6.61 Å². The van der Waals surface area contributed by atoms with E-state index >= 15 is 0 Å². The summed E-state index contributed by atoms with van der Waals surface area (Å²) in [7, 11) is 0. The van der Waals surface area contributed by atoms with Crippen LogP contribution in [0.1, 0.15) is 11.1 Å². The highest BCUT2D eigenvalue weighted by molar-refractivity contribution is 5.33. The SMILES string of the molecule is [CH]1OCc2ccccc21. The van der Waals surface area contributed by atoms with E-state index in [0.29, 0.717) is 0 Å². The van der Waals surface area contributed by atoms with Crippen molar-refractivity contribution in [2.24, 2.45) is 0 Å². The van der Waals surface area contributed by atoms with Crippen molar-refractivity contribution in [1.29, 1.82) is 0 Å². The molecule has 9 heavy (non-hydrogen) atoms. The molecular weight excluding hydrogens is 112 g/mol. The summed E-state index contributed by atoms with van der Waals surface area (Å²) < 4.78 is 5.09. The Bertz CT molecular complexity index is 195. The van der Waals surface area contributed by atoms with Crippen molar-refractivity contribution < 1.29 is 4.74 Å². The molecule has 0 aromatic heterocycles. The number of benzene rings is 1. The van der Waals surface area contributed by atoms with Gasteiger partial charge in [0.05, 0.1) is 6.61 Å². The second-order valence-corrected chi connectivity index (χ2v) is 2.13. The summed E-state index contributed by atoms with van der Waals surface area (Å²) in [4.78, 5) is 0. The third-order valence-corrected chi connectivity index (χ3v) is 1.50. The molecule has 1 heteroatoms. The molecule has 0 saturated heterocycles. The molecule has 0 spiro atoms. The van der Waals surface area contributed by atoms with Crippen LogP contribution >= 0.6 is 0 Å². The first-order valence-electron chi connectivity index (χ1n) is 2.99. The van der Waals surface area contributed by atoms with Gasteiger partial charge in [-0.05, 0) is 11.1 Å². The Morgan fingerprint density at radius 3 is 3.00 bits per heavy atom. The first kappa shape index (κ1) is 5.00. The number of rotatable bonds is 0. The van der Waals surface area contributed by atoms with E-state index in [1.54, 1.807) is 6.61 Å². The van der Waals surface area contributed by atoms with E-state index in [9.17, 15) is 0 Å². The lowest BCUT2D eigenvalue weighted by Gasteiger charge is -1.89. The smallest absolute Gasteiger partial charge is 0.114 e. The van der Waals surface area contributed by atoms with Crippen LogP contribution in [0.5, 0.6) is 0 Å². The number of hydrogen-bond donors (Lipinski definition) is 0. The minimum atomic E-state index is 0.746. The van der Waals surface area contributed by atoms with E-state index in [1.165, 1.54) is 11.1 Å². The lowest BCUT2D eigenvalue weighted by Crippen LogP contribution is -1.76. The van der Waals surface area contributed by atoms with Crippen LogP contribution in [0.3, 0.4) is 0 Å². The van der Waals surface area contributed by atoms with Crippen molar-refractivity contribution in [1.82, 2.24) is 0 Å². The third kappa shape index (κ3) is 0.736. The Hall–Kier alpha value is -0.820. The van der Waals surface area contributed by atoms with Gasteiger partial charge in [-0.3, -0.25) is 0 Å². The van der Waals surface area contributed by atoms with Gasteiger partial charge in [0.2, 0.25) is 0 Å². The molecule has 0 amide bonds. The Morgan fingerprint density at radius 2 is 2.11 bits per heavy atom. The zero-order valence-corrected chi connectivity index (χ0v) is 5.00. The van der Waals surface area contributed by atoms with Crippen molar-refractivity contribution >= 4 is 0 Å². The van der Waals surface area contributed by atoms with E-state index < -0.39 is 0 Å². The summed E-state index contributed by atoms with van der Waals surface area (Å²) in [6.07, 6.45) is 0. The van der Waals surface area contributed by atoms with Gasteiger partial charge in [0.25, 0.3) is 0 Å². The second-order valence-electron chi connectivity index (χ2n) is 2.13. The van der Waals surface area contributed by atoms with Crippen molar-refractivity contribution in [3.63, 3.8) is 0 Å². The maximum atomic E-state index is 5.09. The van der Waals surface area contributed by atoms with Crippen molar-refractivity contribution in [3.8, 4) is 0 Å². The maximum Gasteiger partial charge on any atom is 0.114 e. The van der Waals surface area contributed by atoms with Gasteiger partial charge in [-0.1, -0.05) is 24.3 Å². The molecule has 1 aliphatic rings. The Morgan fingerprint density at radius 1 is 1.22 bits per heavy atom. The summed E-state index contributed by atoms with van der Waals surface area (Å²) in [6, 6.07) is 8.19. The fraction of sp³-hybridized carbons (Fsp3) is 0.125. The summed E-state index contributed by atoms with van der Waals surface area (Å²) >= 11 is 0. The molecule has 0 N–H and O–H groups in total. The maximum absolute atomic E-state index is 5.09. The van der Waals surface area contributed by atoms with Gasteiger partial charge in [-0.15, -0.1) is 0 Å². The molecule has 0 unspecified atom stereocenters. The van der Waals surface area contributed by atoms with Gasteiger partial charge >= 0.3 is 0 Å². The third-order valence-electron chi connectivity index (χ3n) is 1.50. The standard InChI is InChI=1S/C8H7O/c1-2-4-8-6-9-5-7(8)3-1/h1-5H,6H2. The zero-order chi connectivity index (χ0) is 6.10. The van der Waals surface area contributed by atoms with Crippen molar-refractivity contribution in [2.45, 2.75) is 6.61 Å². The van der Waals surface area contributed by atoms with Crippen LogP contribution in [-0.4, -0.2) is 0 Å². The average molecular weight is 119 g/mol. The molecule has 1 heterocycles. The van der Waals surface area contributed by atoms with E-state index in [2.05, 4.69) is 12.1 Å². The average Bonchev–Trinajstić information content (AvgIpc) is 2.33. The lowest BCUT2D eigenvalue weighted by atomic mass is 10.1. The Balaban J connectivity index is 2.54. The number of fused-ring (bicyclic) bond motifs is 1. The molecule has 0 fully saturated rings. The van der Waals surface area contributed by atoms with Gasteiger partial charge in [-0.25, -0.2) is 0 Å². The van der Waals surface area contributed by atoms with E-state index in [1.807, 2.05) is 12.1 Å². The molecule has 0 atom stereocenters. The van der Waals surface area contributed by atoms with Gasteiger partial charge in [-0.2, -0.15) is 0 Å². The van der Waals surface area contributed by atoms with Crippen LogP contribution in [0, 0.1) is 6.61 Å². The molecule has 1 aliphatic heterocycles. The predicted octanol–water partition coefficient (Wildman–Crippen LogP) is 1.73. The highest BCUT2D eigenvalue weighted by atomic mass is 16.5. The predicted molar refractivity (Wildman–Crippen MR) is 34.6 cm³/mol. The lowest BCUT2D eigenvalue weighted by molar-refractivity contribution is 0.223. The molecule has 0 saturated carbocycles. The molecule has 1 aromatic carbocycles. The molecule has 0 aliphatic carbocycles. The molecular formula is C8H7O. The summed E-state index contributed by atoms with van der Waals surface area (Å²) in [5, 5.41) is 0. The van der Waals surface area contributed by atoms with Crippen molar-refractivity contribution in [3.05, 3.63) is 42.0 Å². The van der Waals surface area contributed by atoms with Crippen LogP contribution in [0.25, 0.3) is 0 Å². The van der Waals surface area contributed by atoms with Crippen LogP contribution in [-0.2, 0) is 11.3 Å². The monoisotopic (exact) mass is 119 g/mol. The summed E-state index contributed by atoms with van der Waals surface area (Å²) in [5.41, 5.74) is 2.51. The van der Waals surface area contributed by atoms with Crippen molar-refractivity contribution in [2.75, 3.05) is 0 Å². The highest BCUT2D eigenvalue weighted by Gasteiger charge is 2.08. The van der Waals surface area contributed by atoms with Gasteiger partial charge < -0.3 is 4.74 Å². The first-order valence-corrected chi connectivity index (χ1v) is 2.99. The second kappa shape index (κ2) is 1.85. The summed E-state index contributed by atoms with van der Waals surface area (Å²) in [6.45, 7) is 2.55. The largest absolute Gasteiger partial charge is 0.366 e. The van der Waals surface area contributed by atoms with Crippen LogP contribution < -0.4 is 0 Å². The first-order chi connectivity index (χ1) is 4.47. The zero-order valence-electron chi connectivity index (χ0n) is 5.00. The van der Waals surface area contributed by atoms with Crippen LogP contribution in [0.15, 0.2) is 24.3 Å². The molecule has 1 aromatic rings. The number of ether oxygens (including phenoxy) is 1. The molecule has 1 radical (unpaired) electrons. The van der Waals surface area contributed by atoms with E-state index in [-0.39, 0.29) is 0 Å². The molecule has 0 bridgehead atoms. The Kier molecular flexibility index (Phi) is 1.03. The molecule has 1 nitrogen and oxygen atoms in total. The normalized spacial score (nSPS) is 15.6. The fourth-order valence-electron chi connectivity index (χ4n) is 1.00. The quantitative estimate of drug-likeness (QED) is 0.505. The fourth-order valence-corrected chi connectivity index (χ4v) is 1.00. The van der Waals surface area contributed by atoms with Crippen LogP contribution in [0.4, 0.5) is 0 Å². The number of hydrogen-bond acceptors (Lipinski definition) is 1. The van der Waals surface area contributed by atoms with E-state index in [0.717, 1.165) is 6.61 Å². The van der Waals surface area contributed by atoms with Crippen LogP contribution in [0.2, 0.25) is 0 Å². The molecule has 2 rings (SSSR count). The minimum absolute atomic E-state index is 0.746. The molecule has 45 valence electrons. The van der Waals surface area contributed by atoms with Gasteiger partial charge in [0.15, 0.2) is 0 Å². The minimum Gasteiger partial charge on any atom is -0.366 e. The summed E-state index contributed by atoms with van der Waals surface area (Å²) in [5.74, 6) is 0. The van der Waals surface area contributed by atoms with E-state index in [4.69, 9.17) is 4.74 Å². The Labute approximate surface area is 54.3 Å². The highest BCUT2D eigenvalue weighted by Crippen LogP contribution is 2.19.